The Morgan fingerprint density at radius 1 is 0.929 bits per heavy atom. The number of para-hydroxylation sites is 1. The summed E-state index contributed by atoms with van der Waals surface area (Å²) in [6, 6.07) is 22.9. The number of nitrogens with zero attached hydrogens (tertiary/aromatic N) is 2. The molecule has 1 aromatic heterocycles. The lowest BCUT2D eigenvalue weighted by molar-refractivity contribution is 0.942. The number of halogens is 1. The third-order valence-corrected chi connectivity index (χ3v) is 5.42. The third-order valence-electron chi connectivity index (χ3n) is 4.43. The fourth-order valence-electron chi connectivity index (χ4n) is 2.99. The van der Waals surface area contributed by atoms with Gasteiger partial charge in [0.05, 0.1) is 16.6 Å². The summed E-state index contributed by atoms with van der Waals surface area (Å²) in [5.74, 6) is 0.579. The standard InChI is InChI=1S/C23H17ClN2OS/c1-28-19-13-11-18(12-14-19)26-22(15-8-16-6-9-17(24)10-7-16)25-21-5-3-2-4-20(21)23(26)27/h2-15H,1H3/b15-8+. The highest BCUT2D eigenvalue weighted by atomic mass is 35.5. The molecule has 3 aromatic carbocycles. The van der Waals surface area contributed by atoms with Crippen molar-refractivity contribution in [2.75, 3.05) is 6.26 Å². The van der Waals surface area contributed by atoms with Gasteiger partial charge in [-0.1, -0.05) is 41.9 Å². The summed E-state index contributed by atoms with van der Waals surface area (Å²) in [4.78, 5) is 19.1. The van der Waals surface area contributed by atoms with E-state index < -0.39 is 0 Å². The van der Waals surface area contributed by atoms with Crippen LogP contribution in [0.3, 0.4) is 0 Å². The Morgan fingerprint density at radius 3 is 2.36 bits per heavy atom. The largest absolute Gasteiger partial charge is 0.268 e. The molecule has 0 bridgehead atoms. The molecule has 138 valence electrons. The van der Waals surface area contributed by atoms with E-state index in [0.29, 0.717) is 21.7 Å². The lowest BCUT2D eigenvalue weighted by atomic mass is 10.2. The molecule has 0 N–H and O–H groups in total. The van der Waals surface area contributed by atoms with Crippen molar-refractivity contribution in [3.8, 4) is 5.69 Å². The van der Waals surface area contributed by atoms with E-state index in [1.165, 1.54) is 0 Å². The lowest BCUT2D eigenvalue weighted by Gasteiger charge is -2.12. The Hall–Kier alpha value is -2.82. The van der Waals surface area contributed by atoms with E-state index in [1.807, 2.05) is 91.2 Å². The first-order valence-electron chi connectivity index (χ1n) is 8.75. The van der Waals surface area contributed by atoms with Crippen molar-refractivity contribution < 1.29 is 0 Å². The molecule has 0 atom stereocenters. The van der Waals surface area contributed by atoms with Crippen LogP contribution in [0.4, 0.5) is 0 Å². The van der Waals surface area contributed by atoms with E-state index in [9.17, 15) is 4.79 Å². The average Bonchev–Trinajstić information content (AvgIpc) is 2.74. The summed E-state index contributed by atoms with van der Waals surface area (Å²) >= 11 is 7.63. The second kappa shape index (κ2) is 8.05. The summed E-state index contributed by atoms with van der Waals surface area (Å²) in [7, 11) is 0. The van der Waals surface area contributed by atoms with E-state index in [-0.39, 0.29) is 5.56 Å². The molecule has 4 rings (SSSR count). The van der Waals surface area contributed by atoms with Crippen LogP contribution in [0.15, 0.2) is 82.5 Å². The Bertz CT molecular complexity index is 1210. The molecule has 0 aliphatic carbocycles. The first-order chi connectivity index (χ1) is 13.7. The minimum Gasteiger partial charge on any atom is -0.268 e. The molecular weight excluding hydrogens is 388 g/mol. The highest BCUT2D eigenvalue weighted by molar-refractivity contribution is 7.98. The van der Waals surface area contributed by atoms with Gasteiger partial charge in [-0.3, -0.25) is 9.36 Å². The van der Waals surface area contributed by atoms with E-state index in [2.05, 4.69) is 0 Å². The van der Waals surface area contributed by atoms with Gasteiger partial charge in [0.1, 0.15) is 5.82 Å². The van der Waals surface area contributed by atoms with Crippen LogP contribution in [0.25, 0.3) is 28.7 Å². The van der Waals surface area contributed by atoms with Gasteiger partial charge in [-0.15, -0.1) is 11.8 Å². The van der Waals surface area contributed by atoms with Gasteiger partial charge in [-0.25, -0.2) is 4.98 Å². The Kier molecular flexibility index (Phi) is 5.33. The fourth-order valence-corrected chi connectivity index (χ4v) is 3.52. The molecule has 0 aliphatic rings. The fraction of sp³-hybridized carbons (Fsp3) is 0.0435. The van der Waals surface area contributed by atoms with Crippen LogP contribution < -0.4 is 5.56 Å². The van der Waals surface area contributed by atoms with Crippen LogP contribution in [-0.4, -0.2) is 15.8 Å². The monoisotopic (exact) mass is 404 g/mol. The van der Waals surface area contributed by atoms with Gasteiger partial charge in [-0.05, 0) is 66.4 Å². The van der Waals surface area contributed by atoms with Crippen molar-refractivity contribution in [3.63, 3.8) is 0 Å². The van der Waals surface area contributed by atoms with Crippen LogP contribution in [0.5, 0.6) is 0 Å². The highest BCUT2D eigenvalue weighted by Crippen LogP contribution is 2.19. The molecule has 0 saturated carbocycles. The molecular formula is C23H17ClN2OS. The van der Waals surface area contributed by atoms with Crippen LogP contribution in [0.2, 0.25) is 5.02 Å². The van der Waals surface area contributed by atoms with Crippen LogP contribution >= 0.6 is 23.4 Å². The summed E-state index contributed by atoms with van der Waals surface area (Å²) in [5.41, 5.74) is 2.37. The molecule has 28 heavy (non-hydrogen) atoms. The first-order valence-corrected chi connectivity index (χ1v) is 10.4. The SMILES string of the molecule is CSc1ccc(-n2c(/C=C/c3ccc(Cl)cc3)nc3ccccc3c2=O)cc1. The van der Waals surface area contributed by atoms with Crippen molar-refractivity contribution in [1.82, 2.24) is 9.55 Å². The molecule has 4 aromatic rings. The van der Waals surface area contributed by atoms with Gasteiger partial charge in [0, 0.05) is 9.92 Å². The van der Waals surface area contributed by atoms with Gasteiger partial charge in [0.2, 0.25) is 0 Å². The number of rotatable bonds is 4. The maximum Gasteiger partial charge on any atom is 0.266 e. The Labute approximate surface area is 172 Å². The van der Waals surface area contributed by atoms with Crippen molar-refractivity contribution in [2.24, 2.45) is 0 Å². The maximum absolute atomic E-state index is 13.2. The first kappa shape index (κ1) is 18.5. The number of benzene rings is 3. The van der Waals surface area contributed by atoms with Gasteiger partial charge < -0.3 is 0 Å². The van der Waals surface area contributed by atoms with Gasteiger partial charge >= 0.3 is 0 Å². The van der Waals surface area contributed by atoms with Crippen molar-refractivity contribution in [1.29, 1.82) is 0 Å². The quantitative estimate of drug-likeness (QED) is 0.395. The molecule has 5 heteroatoms. The van der Waals surface area contributed by atoms with Crippen LogP contribution in [0.1, 0.15) is 11.4 Å². The third kappa shape index (κ3) is 3.75. The van der Waals surface area contributed by atoms with Crippen molar-refractivity contribution >= 4 is 46.4 Å². The summed E-state index contributed by atoms with van der Waals surface area (Å²) < 4.78 is 1.65. The second-order valence-corrected chi connectivity index (χ2v) is 7.53. The van der Waals surface area contributed by atoms with E-state index in [4.69, 9.17) is 16.6 Å². The molecule has 0 aliphatic heterocycles. The summed E-state index contributed by atoms with van der Waals surface area (Å²) in [5, 5.41) is 1.28. The molecule has 0 fully saturated rings. The number of aromatic nitrogens is 2. The van der Waals surface area contributed by atoms with E-state index in [1.54, 1.807) is 16.3 Å². The normalized spacial score (nSPS) is 11.4. The van der Waals surface area contributed by atoms with Crippen molar-refractivity contribution in [3.05, 3.63) is 99.6 Å². The highest BCUT2D eigenvalue weighted by Gasteiger charge is 2.11. The Morgan fingerprint density at radius 2 is 1.64 bits per heavy atom. The summed E-state index contributed by atoms with van der Waals surface area (Å²) in [6.45, 7) is 0. The Balaban J connectivity index is 1.89. The minimum atomic E-state index is -0.0849. The van der Waals surface area contributed by atoms with E-state index >= 15 is 0 Å². The zero-order valence-electron chi connectivity index (χ0n) is 15.2. The summed E-state index contributed by atoms with van der Waals surface area (Å²) in [6.07, 6.45) is 5.82. The number of hydrogen-bond donors (Lipinski definition) is 0. The molecule has 0 saturated heterocycles. The molecule has 3 nitrogen and oxygen atoms in total. The second-order valence-electron chi connectivity index (χ2n) is 6.21. The van der Waals surface area contributed by atoms with Gasteiger partial charge in [-0.2, -0.15) is 0 Å². The lowest BCUT2D eigenvalue weighted by Crippen LogP contribution is -2.22. The smallest absolute Gasteiger partial charge is 0.266 e. The maximum atomic E-state index is 13.2. The predicted octanol–water partition coefficient (Wildman–Crippen LogP) is 5.93. The molecule has 1 heterocycles. The number of fused-ring (bicyclic) bond motifs is 1. The van der Waals surface area contributed by atoms with Gasteiger partial charge in [0.15, 0.2) is 0 Å². The predicted molar refractivity (Wildman–Crippen MR) is 120 cm³/mol. The van der Waals surface area contributed by atoms with Crippen molar-refractivity contribution in [2.45, 2.75) is 4.90 Å². The number of thioether (sulfide) groups is 1. The molecule has 0 unspecified atom stereocenters. The zero-order chi connectivity index (χ0) is 19.5. The van der Waals surface area contributed by atoms with E-state index in [0.717, 1.165) is 16.1 Å². The minimum absolute atomic E-state index is 0.0849. The average molecular weight is 405 g/mol. The van der Waals surface area contributed by atoms with Crippen LogP contribution in [0, 0.1) is 0 Å². The molecule has 0 spiro atoms. The van der Waals surface area contributed by atoms with Crippen LogP contribution in [-0.2, 0) is 0 Å². The molecule has 0 amide bonds. The molecule has 0 radical (unpaired) electrons. The topological polar surface area (TPSA) is 34.9 Å². The zero-order valence-corrected chi connectivity index (χ0v) is 16.7. The van der Waals surface area contributed by atoms with Gasteiger partial charge in [0.25, 0.3) is 5.56 Å². The number of hydrogen-bond acceptors (Lipinski definition) is 3.